The largest absolute Gasteiger partial charge is 0.385 e. The summed E-state index contributed by atoms with van der Waals surface area (Å²) in [5.74, 6) is 3.18. The van der Waals surface area contributed by atoms with Crippen LogP contribution in [0.15, 0.2) is 48.5 Å². The van der Waals surface area contributed by atoms with E-state index in [1.165, 1.54) is 55.5 Å². The number of piperidine rings is 1. The molecule has 1 N–H and O–H groups in total. The summed E-state index contributed by atoms with van der Waals surface area (Å²) in [4.78, 5) is 2.41. The average Bonchev–Trinajstić information content (AvgIpc) is 2.83. The molecule has 34 heavy (non-hydrogen) atoms. The molecule has 2 aliphatic rings. The molecule has 0 atom stereocenters. The molecule has 1 aliphatic heterocycles. The summed E-state index contributed by atoms with van der Waals surface area (Å²) >= 11 is 8.16. The van der Waals surface area contributed by atoms with Gasteiger partial charge in [0.2, 0.25) is 0 Å². The fraction of sp³-hybridized carbons (Fsp3) is 0.600. The second kappa shape index (κ2) is 11.3. The van der Waals surface area contributed by atoms with Gasteiger partial charge in [0.25, 0.3) is 0 Å². The van der Waals surface area contributed by atoms with E-state index in [1.54, 1.807) is 0 Å². The smallest absolute Gasteiger partial charge is 0.0930 e. The van der Waals surface area contributed by atoms with E-state index in [4.69, 9.17) is 11.6 Å². The molecule has 0 amide bonds. The van der Waals surface area contributed by atoms with Crippen LogP contribution in [0.3, 0.4) is 0 Å². The summed E-state index contributed by atoms with van der Waals surface area (Å²) in [5, 5.41) is 11.9. The fourth-order valence-corrected chi connectivity index (χ4v) is 6.68. The molecule has 1 saturated heterocycles. The molecular weight excluding hydrogens is 458 g/mol. The molecular formula is C30H42ClNOS. The van der Waals surface area contributed by atoms with E-state index >= 15 is 0 Å². The van der Waals surface area contributed by atoms with Gasteiger partial charge in [0.05, 0.1) is 5.60 Å². The predicted molar refractivity (Wildman–Crippen MR) is 149 cm³/mol. The maximum Gasteiger partial charge on any atom is 0.0930 e. The maximum atomic E-state index is 11.1. The van der Waals surface area contributed by atoms with Crippen LogP contribution in [-0.4, -0.2) is 28.7 Å². The monoisotopic (exact) mass is 499 g/mol. The van der Waals surface area contributed by atoms with Crippen LogP contribution in [0.1, 0.15) is 76.8 Å². The first-order chi connectivity index (χ1) is 16.2. The first kappa shape index (κ1) is 25.9. The molecule has 1 aliphatic carbocycles. The highest BCUT2D eigenvalue weighted by molar-refractivity contribution is 8.00. The zero-order valence-electron chi connectivity index (χ0n) is 21.2. The van der Waals surface area contributed by atoms with Gasteiger partial charge >= 0.3 is 0 Å². The van der Waals surface area contributed by atoms with Gasteiger partial charge < -0.3 is 10.0 Å². The van der Waals surface area contributed by atoms with E-state index in [2.05, 4.69) is 61.7 Å². The fourth-order valence-electron chi connectivity index (χ4n) is 5.48. The molecule has 4 heteroatoms. The third-order valence-electron chi connectivity index (χ3n) is 7.83. The van der Waals surface area contributed by atoms with E-state index < -0.39 is 5.60 Å². The second-order valence-electron chi connectivity index (χ2n) is 11.5. The molecule has 4 rings (SSSR count). The van der Waals surface area contributed by atoms with Crippen molar-refractivity contribution in [2.24, 2.45) is 11.8 Å². The van der Waals surface area contributed by atoms with Crippen molar-refractivity contribution in [3.63, 3.8) is 0 Å². The maximum absolute atomic E-state index is 11.1. The normalized spacial score (nSPS) is 23.1. The third-order valence-corrected chi connectivity index (χ3v) is 9.59. The van der Waals surface area contributed by atoms with Crippen molar-refractivity contribution >= 4 is 29.1 Å². The van der Waals surface area contributed by atoms with Crippen LogP contribution in [0.5, 0.6) is 0 Å². The lowest BCUT2D eigenvalue weighted by atomic mass is 9.80. The van der Waals surface area contributed by atoms with Gasteiger partial charge in [0.15, 0.2) is 0 Å². The highest BCUT2D eigenvalue weighted by Gasteiger charge is 2.34. The third kappa shape index (κ3) is 7.18. The van der Waals surface area contributed by atoms with Gasteiger partial charge in [0, 0.05) is 28.5 Å². The van der Waals surface area contributed by atoms with Crippen LogP contribution < -0.4 is 4.90 Å². The number of benzene rings is 2. The first-order valence-electron chi connectivity index (χ1n) is 13.2. The number of anilines is 1. The molecule has 0 bridgehead atoms. The number of thioether (sulfide) groups is 1. The number of rotatable bonds is 7. The summed E-state index contributed by atoms with van der Waals surface area (Å²) < 4.78 is 0.398. The van der Waals surface area contributed by atoms with Gasteiger partial charge in [-0.2, -0.15) is 11.8 Å². The molecule has 186 valence electrons. The van der Waals surface area contributed by atoms with Gasteiger partial charge in [-0.25, -0.2) is 0 Å². The lowest BCUT2D eigenvalue weighted by Gasteiger charge is -2.39. The molecule has 1 heterocycles. The van der Waals surface area contributed by atoms with Crippen molar-refractivity contribution < 1.29 is 5.11 Å². The zero-order chi connectivity index (χ0) is 24.2. The molecule has 0 spiro atoms. The van der Waals surface area contributed by atoms with Crippen molar-refractivity contribution in [3.05, 3.63) is 64.7 Å². The van der Waals surface area contributed by atoms with E-state index in [-0.39, 0.29) is 0 Å². The van der Waals surface area contributed by atoms with Gasteiger partial charge in [-0.3, -0.25) is 0 Å². The Hall–Kier alpha value is -1.16. The van der Waals surface area contributed by atoms with E-state index in [0.717, 1.165) is 43.3 Å². The Morgan fingerprint density at radius 1 is 0.912 bits per heavy atom. The quantitative estimate of drug-likeness (QED) is 0.416. The van der Waals surface area contributed by atoms with Crippen LogP contribution >= 0.6 is 23.4 Å². The number of aryl methyl sites for hydroxylation is 1. The van der Waals surface area contributed by atoms with Crippen LogP contribution in [0, 0.1) is 11.8 Å². The Morgan fingerprint density at radius 2 is 1.50 bits per heavy atom. The standard InChI is InChI=1S/C30H42ClNOS/c1-29(2,3)34-22-25-8-6-23(7-9-25)4-5-24-10-16-28(17-11-24)32-20-18-30(33,19-21-32)26-12-14-27(31)15-13-26/h10-17,23,25,33H,4-9,18-22H2,1-3H3. The second-order valence-corrected chi connectivity index (χ2v) is 13.8. The molecule has 2 fully saturated rings. The molecule has 2 nitrogen and oxygen atoms in total. The molecule has 2 aromatic carbocycles. The number of hydrogen-bond donors (Lipinski definition) is 1. The molecule has 0 aromatic heterocycles. The lowest BCUT2D eigenvalue weighted by Crippen LogP contribution is -2.42. The summed E-state index contributed by atoms with van der Waals surface area (Å²) in [6.07, 6.45) is 9.68. The van der Waals surface area contributed by atoms with Crippen molar-refractivity contribution in [2.75, 3.05) is 23.7 Å². The molecule has 1 saturated carbocycles. The lowest BCUT2D eigenvalue weighted by molar-refractivity contribution is 0.0118. The van der Waals surface area contributed by atoms with E-state index in [1.807, 2.05) is 24.3 Å². The number of nitrogens with zero attached hydrogens (tertiary/aromatic N) is 1. The Morgan fingerprint density at radius 3 is 2.09 bits per heavy atom. The van der Waals surface area contributed by atoms with Gasteiger partial charge in [0.1, 0.15) is 0 Å². The summed E-state index contributed by atoms with van der Waals surface area (Å²) in [6, 6.07) is 16.9. The molecule has 2 aromatic rings. The van der Waals surface area contributed by atoms with E-state index in [0.29, 0.717) is 9.77 Å². The Bertz CT molecular complexity index is 889. The predicted octanol–water partition coefficient (Wildman–Crippen LogP) is 8.10. The van der Waals surface area contributed by atoms with Crippen LogP contribution in [0.2, 0.25) is 5.02 Å². The minimum Gasteiger partial charge on any atom is -0.385 e. The van der Waals surface area contributed by atoms with Crippen LogP contribution in [-0.2, 0) is 12.0 Å². The van der Waals surface area contributed by atoms with Crippen molar-refractivity contribution in [1.29, 1.82) is 0 Å². The summed E-state index contributed by atoms with van der Waals surface area (Å²) in [7, 11) is 0. The van der Waals surface area contributed by atoms with Crippen molar-refractivity contribution in [3.8, 4) is 0 Å². The van der Waals surface area contributed by atoms with Crippen molar-refractivity contribution in [1.82, 2.24) is 0 Å². The minimum atomic E-state index is -0.745. The van der Waals surface area contributed by atoms with Crippen LogP contribution in [0.4, 0.5) is 5.69 Å². The number of halogens is 1. The number of hydrogen-bond acceptors (Lipinski definition) is 3. The summed E-state index contributed by atoms with van der Waals surface area (Å²) in [5.41, 5.74) is 2.97. The van der Waals surface area contributed by atoms with E-state index in [9.17, 15) is 5.11 Å². The summed E-state index contributed by atoms with van der Waals surface area (Å²) in [6.45, 7) is 8.74. The zero-order valence-corrected chi connectivity index (χ0v) is 22.8. The Balaban J connectivity index is 1.20. The highest BCUT2D eigenvalue weighted by atomic mass is 35.5. The molecule has 0 radical (unpaired) electrons. The first-order valence-corrected chi connectivity index (χ1v) is 14.5. The minimum absolute atomic E-state index is 0.398. The SMILES string of the molecule is CC(C)(C)SCC1CCC(CCc2ccc(N3CCC(O)(c4ccc(Cl)cc4)CC3)cc2)CC1. The number of aliphatic hydroxyl groups is 1. The van der Waals surface area contributed by atoms with Gasteiger partial charge in [-0.1, -0.05) is 69.5 Å². The highest BCUT2D eigenvalue weighted by Crippen LogP contribution is 2.37. The Kier molecular flexibility index (Phi) is 8.59. The Labute approximate surface area is 216 Å². The van der Waals surface area contributed by atoms with Gasteiger partial charge in [-0.15, -0.1) is 0 Å². The molecule has 0 unspecified atom stereocenters. The average molecular weight is 500 g/mol. The van der Waals surface area contributed by atoms with Crippen molar-refractivity contribution in [2.45, 2.75) is 82.5 Å². The van der Waals surface area contributed by atoms with Crippen LogP contribution in [0.25, 0.3) is 0 Å². The van der Waals surface area contributed by atoms with Gasteiger partial charge in [-0.05, 0) is 91.5 Å². The topological polar surface area (TPSA) is 23.5 Å².